The molecule has 3 fully saturated rings. The first-order chi connectivity index (χ1) is 12.9. The zero-order chi connectivity index (χ0) is 19.2. The molecule has 4 aliphatic carbocycles. The Balaban J connectivity index is 1.47. The zero-order valence-electron chi connectivity index (χ0n) is 19.0. The Morgan fingerprint density at radius 3 is 2.41 bits per heavy atom. The molecule has 0 heterocycles. The van der Waals surface area contributed by atoms with Crippen molar-refractivity contribution < 1.29 is 0 Å². The summed E-state index contributed by atoms with van der Waals surface area (Å²) in [5.74, 6) is 6.83. The first-order valence-corrected chi connectivity index (χ1v) is 12.5. The van der Waals surface area contributed by atoms with Crippen molar-refractivity contribution in [1.29, 1.82) is 0 Å². The highest BCUT2D eigenvalue weighted by atomic mass is 14.6. The van der Waals surface area contributed by atoms with E-state index in [4.69, 9.17) is 0 Å². The van der Waals surface area contributed by atoms with Gasteiger partial charge in [0.25, 0.3) is 0 Å². The van der Waals surface area contributed by atoms with Crippen molar-refractivity contribution in [2.45, 2.75) is 105 Å². The molecule has 0 bridgehead atoms. The average Bonchev–Trinajstić information content (AvgIpc) is 2.98. The fraction of sp³-hybridized carbons (Fsp3) is 0.926. The SMILES string of the molecule is CC(C)CCCC(C)C1CCC2C3CCC4C=CCCC4(C)C3CCC12C. The van der Waals surface area contributed by atoms with E-state index in [9.17, 15) is 0 Å². The van der Waals surface area contributed by atoms with Crippen LogP contribution in [-0.2, 0) is 0 Å². The molecule has 8 atom stereocenters. The third-order valence-electron chi connectivity index (χ3n) is 10.4. The van der Waals surface area contributed by atoms with Crippen molar-refractivity contribution in [2.24, 2.45) is 52.3 Å². The van der Waals surface area contributed by atoms with E-state index in [1.54, 1.807) is 6.42 Å². The molecule has 0 aromatic carbocycles. The van der Waals surface area contributed by atoms with E-state index in [0.29, 0.717) is 10.8 Å². The highest BCUT2D eigenvalue weighted by molar-refractivity contribution is 5.13. The predicted molar refractivity (Wildman–Crippen MR) is 118 cm³/mol. The van der Waals surface area contributed by atoms with Gasteiger partial charge < -0.3 is 0 Å². The topological polar surface area (TPSA) is 0 Å². The van der Waals surface area contributed by atoms with E-state index in [1.165, 1.54) is 64.2 Å². The van der Waals surface area contributed by atoms with Crippen molar-refractivity contribution in [3.8, 4) is 0 Å². The normalized spacial score (nSPS) is 47.4. The lowest BCUT2D eigenvalue weighted by Gasteiger charge is -2.60. The maximum absolute atomic E-state index is 2.74. The molecule has 8 unspecified atom stereocenters. The van der Waals surface area contributed by atoms with Crippen LogP contribution in [0.2, 0.25) is 0 Å². The van der Waals surface area contributed by atoms with Crippen LogP contribution in [0.15, 0.2) is 12.2 Å². The molecule has 0 N–H and O–H groups in total. The highest BCUT2D eigenvalue weighted by Crippen LogP contribution is 2.67. The molecule has 0 amide bonds. The first kappa shape index (κ1) is 20.0. The number of hydrogen-bond donors (Lipinski definition) is 0. The van der Waals surface area contributed by atoms with E-state index in [2.05, 4.69) is 46.8 Å². The third kappa shape index (κ3) is 3.36. The predicted octanol–water partition coefficient (Wildman–Crippen LogP) is 8.27. The number of rotatable bonds is 5. The van der Waals surface area contributed by atoms with Crippen molar-refractivity contribution >= 4 is 0 Å². The van der Waals surface area contributed by atoms with Gasteiger partial charge in [0.05, 0.1) is 0 Å². The van der Waals surface area contributed by atoms with Gasteiger partial charge in [-0.3, -0.25) is 0 Å². The molecule has 0 radical (unpaired) electrons. The van der Waals surface area contributed by atoms with Gasteiger partial charge in [0.15, 0.2) is 0 Å². The fourth-order valence-electron chi connectivity index (χ4n) is 8.85. The van der Waals surface area contributed by atoms with Crippen LogP contribution in [-0.4, -0.2) is 0 Å². The first-order valence-electron chi connectivity index (χ1n) is 12.5. The summed E-state index contributed by atoms with van der Waals surface area (Å²) in [4.78, 5) is 0. The highest BCUT2D eigenvalue weighted by Gasteiger charge is 2.59. The molecule has 154 valence electrons. The van der Waals surface area contributed by atoms with E-state index in [1.807, 2.05) is 0 Å². The molecule has 0 aliphatic heterocycles. The van der Waals surface area contributed by atoms with Gasteiger partial charge in [-0.05, 0) is 104 Å². The Bertz CT molecular complexity index is 544. The Morgan fingerprint density at radius 1 is 0.852 bits per heavy atom. The number of hydrogen-bond acceptors (Lipinski definition) is 0. The molecule has 4 aliphatic rings. The van der Waals surface area contributed by atoms with Gasteiger partial charge in [-0.15, -0.1) is 0 Å². The lowest BCUT2D eigenvalue weighted by atomic mass is 9.45. The molecule has 0 saturated heterocycles. The Morgan fingerprint density at radius 2 is 1.63 bits per heavy atom. The zero-order valence-corrected chi connectivity index (χ0v) is 19.0. The molecule has 4 rings (SSSR count). The Kier molecular flexibility index (Phi) is 5.59. The van der Waals surface area contributed by atoms with Gasteiger partial charge in [-0.2, -0.15) is 0 Å². The molecule has 0 nitrogen and oxygen atoms in total. The standard InChI is InChI=1S/C27H46/c1-19(2)9-8-10-20(3)23-14-15-24-22-13-12-21-11-6-7-17-26(21,4)25(22)16-18-27(23,24)5/h6,11,19-25H,7-10,12-18H2,1-5H3. The van der Waals surface area contributed by atoms with Crippen molar-refractivity contribution in [3.05, 3.63) is 12.2 Å². The summed E-state index contributed by atoms with van der Waals surface area (Å²) in [5.41, 5.74) is 1.28. The fourth-order valence-corrected chi connectivity index (χ4v) is 8.85. The molecule has 0 aromatic heterocycles. The molecule has 27 heavy (non-hydrogen) atoms. The second kappa shape index (κ2) is 7.53. The van der Waals surface area contributed by atoms with Gasteiger partial charge in [0, 0.05) is 0 Å². The van der Waals surface area contributed by atoms with E-state index < -0.39 is 0 Å². The van der Waals surface area contributed by atoms with Crippen molar-refractivity contribution in [1.82, 2.24) is 0 Å². The quantitative estimate of drug-likeness (QED) is 0.427. The molecule has 0 heteroatoms. The average molecular weight is 371 g/mol. The minimum atomic E-state index is 0.625. The van der Waals surface area contributed by atoms with Crippen LogP contribution in [0.3, 0.4) is 0 Å². The molecule has 3 saturated carbocycles. The summed E-state index contributed by atoms with van der Waals surface area (Å²) in [6, 6.07) is 0. The largest absolute Gasteiger partial charge is 0.0882 e. The monoisotopic (exact) mass is 370 g/mol. The van der Waals surface area contributed by atoms with Crippen LogP contribution in [0.4, 0.5) is 0 Å². The van der Waals surface area contributed by atoms with Crippen molar-refractivity contribution in [3.63, 3.8) is 0 Å². The van der Waals surface area contributed by atoms with Gasteiger partial charge in [-0.1, -0.05) is 66.0 Å². The Labute approximate surface area is 170 Å². The summed E-state index contributed by atoms with van der Waals surface area (Å²) in [6.07, 6.45) is 21.4. The minimum absolute atomic E-state index is 0.625. The summed E-state index contributed by atoms with van der Waals surface area (Å²) >= 11 is 0. The van der Waals surface area contributed by atoms with Crippen molar-refractivity contribution in [2.75, 3.05) is 0 Å². The van der Waals surface area contributed by atoms with Crippen LogP contribution in [0.1, 0.15) is 105 Å². The summed E-state index contributed by atoms with van der Waals surface area (Å²) in [7, 11) is 0. The van der Waals surface area contributed by atoms with Gasteiger partial charge in [-0.25, -0.2) is 0 Å². The second-order valence-electron chi connectivity index (χ2n) is 12.1. The second-order valence-corrected chi connectivity index (χ2v) is 12.1. The third-order valence-corrected chi connectivity index (χ3v) is 10.4. The molecular weight excluding hydrogens is 324 g/mol. The van der Waals surface area contributed by atoms with Gasteiger partial charge in [0.2, 0.25) is 0 Å². The maximum atomic E-state index is 2.74. The maximum Gasteiger partial charge on any atom is -0.0177 e. The lowest BCUT2D eigenvalue weighted by molar-refractivity contribution is -0.0955. The summed E-state index contributed by atoms with van der Waals surface area (Å²) in [5, 5.41) is 0. The van der Waals surface area contributed by atoms with E-state index in [0.717, 1.165) is 41.4 Å². The van der Waals surface area contributed by atoms with Crippen LogP contribution < -0.4 is 0 Å². The van der Waals surface area contributed by atoms with Gasteiger partial charge in [0.1, 0.15) is 0 Å². The van der Waals surface area contributed by atoms with Crippen LogP contribution in [0.25, 0.3) is 0 Å². The molecular formula is C27H46. The van der Waals surface area contributed by atoms with Crippen LogP contribution in [0, 0.1) is 52.3 Å². The van der Waals surface area contributed by atoms with E-state index >= 15 is 0 Å². The summed E-state index contributed by atoms with van der Waals surface area (Å²) in [6.45, 7) is 12.8. The van der Waals surface area contributed by atoms with Crippen LogP contribution in [0.5, 0.6) is 0 Å². The minimum Gasteiger partial charge on any atom is -0.0882 e. The smallest absolute Gasteiger partial charge is 0.0177 e. The lowest BCUT2D eigenvalue weighted by Crippen LogP contribution is -2.52. The van der Waals surface area contributed by atoms with E-state index in [-0.39, 0.29) is 0 Å². The molecule has 0 spiro atoms. The van der Waals surface area contributed by atoms with Crippen LogP contribution >= 0.6 is 0 Å². The number of fused-ring (bicyclic) bond motifs is 5. The number of allylic oxidation sites excluding steroid dienone is 2. The summed E-state index contributed by atoms with van der Waals surface area (Å²) < 4.78 is 0. The Hall–Kier alpha value is -0.260. The van der Waals surface area contributed by atoms with Gasteiger partial charge >= 0.3 is 0 Å². The molecule has 0 aromatic rings.